The predicted octanol–water partition coefficient (Wildman–Crippen LogP) is 0.163. The number of nitrogen functional groups attached to an aromatic ring is 1. The fourth-order valence-electron chi connectivity index (χ4n) is 1.79. The van der Waals surface area contributed by atoms with E-state index in [1.165, 1.54) is 6.07 Å². The largest absolute Gasteiger partial charge is 0.399 e. The number of hydrogen-bond acceptors (Lipinski definition) is 4. The van der Waals surface area contributed by atoms with E-state index in [0.717, 1.165) is 16.4 Å². The molecule has 94 valence electrons. The first-order valence-corrected chi connectivity index (χ1v) is 6.58. The SMILES string of the molecule is Nc1ccc(S(=O)(=O)N2CCC(O)C2)c(F)c1. The van der Waals surface area contributed by atoms with Crippen LogP contribution in [0.25, 0.3) is 0 Å². The number of nitrogens with zero attached hydrogens (tertiary/aromatic N) is 1. The number of aliphatic hydroxyl groups is 1. The lowest BCUT2D eigenvalue weighted by Gasteiger charge is -2.16. The van der Waals surface area contributed by atoms with Crippen LogP contribution in [-0.4, -0.2) is 37.0 Å². The fourth-order valence-corrected chi connectivity index (χ4v) is 3.33. The van der Waals surface area contributed by atoms with Crippen molar-refractivity contribution in [2.24, 2.45) is 0 Å². The van der Waals surface area contributed by atoms with Crippen molar-refractivity contribution < 1.29 is 17.9 Å². The van der Waals surface area contributed by atoms with Crippen LogP contribution in [0.2, 0.25) is 0 Å². The van der Waals surface area contributed by atoms with Crippen molar-refractivity contribution in [1.82, 2.24) is 4.31 Å². The Morgan fingerprint density at radius 1 is 1.47 bits per heavy atom. The molecule has 0 spiro atoms. The normalized spacial score (nSPS) is 21.9. The second kappa shape index (κ2) is 4.25. The Balaban J connectivity index is 2.38. The summed E-state index contributed by atoms with van der Waals surface area (Å²) in [7, 11) is -3.88. The number of hydrogen-bond donors (Lipinski definition) is 2. The van der Waals surface area contributed by atoms with Gasteiger partial charge >= 0.3 is 0 Å². The van der Waals surface area contributed by atoms with Gasteiger partial charge in [-0.15, -0.1) is 0 Å². The third-order valence-electron chi connectivity index (χ3n) is 2.70. The average Bonchev–Trinajstić information content (AvgIpc) is 2.64. The zero-order chi connectivity index (χ0) is 12.6. The summed E-state index contributed by atoms with van der Waals surface area (Å²) in [5.74, 6) is -0.869. The highest BCUT2D eigenvalue weighted by Gasteiger charge is 2.33. The van der Waals surface area contributed by atoms with Crippen LogP contribution in [0.5, 0.6) is 0 Å². The van der Waals surface area contributed by atoms with Crippen LogP contribution in [0, 0.1) is 5.82 Å². The number of halogens is 1. The molecule has 1 aromatic carbocycles. The molecule has 1 unspecified atom stereocenters. The third kappa shape index (κ3) is 2.26. The van der Waals surface area contributed by atoms with Crippen LogP contribution in [0.3, 0.4) is 0 Å². The van der Waals surface area contributed by atoms with Crippen molar-refractivity contribution in [2.45, 2.75) is 17.4 Å². The molecule has 0 aliphatic carbocycles. The zero-order valence-corrected chi connectivity index (χ0v) is 9.82. The topological polar surface area (TPSA) is 83.6 Å². The number of sulfonamides is 1. The minimum atomic E-state index is -3.88. The summed E-state index contributed by atoms with van der Waals surface area (Å²) in [5, 5.41) is 9.30. The van der Waals surface area contributed by atoms with Crippen molar-refractivity contribution in [3.05, 3.63) is 24.0 Å². The second-order valence-electron chi connectivity index (χ2n) is 4.00. The zero-order valence-electron chi connectivity index (χ0n) is 9.01. The van der Waals surface area contributed by atoms with Gasteiger partial charge in [0.05, 0.1) is 6.10 Å². The highest BCUT2D eigenvalue weighted by molar-refractivity contribution is 7.89. The van der Waals surface area contributed by atoms with E-state index < -0.39 is 26.8 Å². The number of nitrogens with two attached hydrogens (primary N) is 1. The van der Waals surface area contributed by atoms with Crippen LogP contribution in [0.15, 0.2) is 23.1 Å². The molecule has 1 heterocycles. The smallest absolute Gasteiger partial charge is 0.246 e. The molecule has 7 heteroatoms. The van der Waals surface area contributed by atoms with Gasteiger partial charge in [-0.1, -0.05) is 0 Å². The van der Waals surface area contributed by atoms with E-state index in [4.69, 9.17) is 5.73 Å². The lowest BCUT2D eigenvalue weighted by atomic mass is 10.3. The molecule has 2 rings (SSSR count). The summed E-state index contributed by atoms with van der Waals surface area (Å²) >= 11 is 0. The number of rotatable bonds is 2. The van der Waals surface area contributed by atoms with Crippen LogP contribution >= 0.6 is 0 Å². The van der Waals surface area contributed by atoms with Gasteiger partial charge in [0.25, 0.3) is 0 Å². The summed E-state index contributed by atoms with van der Waals surface area (Å²) in [4.78, 5) is -0.402. The van der Waals surface area contributed by atoms with E-state index in [2.05, 4.69) is 0 Å². The van der Waals surface area contributed by atoms with Crippen LogP contribution in [-0.2, 0) is 10.0 Å². The Labute approximate surface area is 98.7 Å². The minimum Gasteiger partial charge on any atom is -0.399 e. The molecule has 1 saturated heterocycles. The second-order valence-corrected chi connectivity index (χ2v) is 5.90. The van der Waals surface area contributed by atoms with E-state index in [0.29, 0.717) is 6.42 Å². The molecule has 0 radical (unpaired) electrons. The Hall–Kier alpha value is -1.18. The summed E-state index contributed by atoms with van der Waals surface area (Å²) in [6.07, 6.45) is -0.308. The number of β-amino-alcohol motifs (C(OH)–C–C–N with tert-alkyl or cyclic N) is 1. The molecule has 0 bridgehead atoms. The first-order valence-electron chi connectivity index (χ1n) is 5.14. The maximum absolute atomic E-state index is 13.5. The van der Waals surface area contributed by atoms with E-state index in [-0.39, 0.29) is 18.8 Å². The van der Waals surface area contributed by atoms with E-state index in [1.807, 2.05) is 0 Å². The van der Waals surface area contributed by atoms with Crippen molar-refractivity contribution in [2.75, 3.05) is 18.8 Å². The van der Waals surface area contributed by atoms with Crippen LogP contribution in [0.1, 0.15) is 6.42 Å². The van der Waals surface area contributed by atoms with Crippen LogP contribution in [0.4, 0.5) is 10.1 Å². The standard InChI is InChI=1S/C10H13FN2O3S/c11-9-5-7(12)1-2-10(9)17(15,16)13-4-3-8(14)6-13/h1-2,5,8,14H,3-4,6,12H2. The predicted molar refractivity (Wildman–Crippen MR) is 60.2 cm³/mol. The van der Waals surface area contributed by atoms with E-state index >= 15 is 0 Å². The summed E-state index contributed by atoms with van der Waals surface area (Å²) in [6, 6.07) is 3.45. The summed E-state index contributed by atoms with van der Waals surface area (Å²) in [5.41, 5.74) is 5.53. The van der Waals surface area contributed by atoms with Crippen molar-refractivity contribution in [1.29, 1.82) is 0 Å². The van der Waals surface area contributed by atoms with Gasteiger partial charge in [-0.2, -0.15) is 4.31 Å². The fraction of sp³-hybridized carbons (Fsp3) is 0.400. The third-order valence-corrected chi connectivity index (χ3v) is 4.60. The quantitative estimate of drug-likeness (QED) is 0.742. The molecule has 1 atom stereocenters. The lowest BCUT2D eigenvalue weighted by Crippen LogP contribution is -2.30. The van der Waals surface area contributed by atoms with Gasteiger partial charge in [-0.3, -0.25) is 0 Å². The molecular weight excluding hydrogens is 247 g/mol. The van der Waals surface area contributed by atoms with E-state index in [9.17, 15) is 17.9 Å². The number of anilines is 1. The van der Waals surface area contributed by atoms with Gasteiger partial charge in [0, 0.05) is 18.8 Å². The Morgan fingerprint density at radius 3 is 2.71 bits per heavy atom. The number of benzene rings is 1. The molecule has 1 aliphatic rings. The lowest BCUT2D eigenvalue weighted by molar-refractivity contribution is 0.189. The number of aliphatic hydroxyl groups excluding tert-OH is 1. The first kappa shape index (κ1) is 12.3. The van der Waals surface area contributed by atoms with E-state index in [1.54, 1.807) is 0 Å². The monoisotopic (exact) mass is 260 g/mol. The molecule has 1 aromatic rings. The molecule has 3 N–H and O–H groups in total. The van der Waals surface area contributed by atoms with Gasteiger partial charge in [-0.05, 0) is 24.6 Å². The Bertz CT molecular complexity index is 532. The van der Waals surface area contributed by atoms with Crippen molar-refractivity contribution >= 4 is 15.7 Å². The van der Waals surface area contributed by atoms with Gasteiger partial charge < -0.3 is 10.8 Å². The summed E-state index contributed by atoms with van der Waals surface area (Å²) in [6.45, 7) is 0.208. The van der Waals surface area contributed by atoms with Gasteiger partial charge in [-0.25, -0.2) is 12.8 Å². The molecule has 17 heavy (non-hydrogen) atoms. The molecule has 5 nitrogen and oxygen atoms in total. The Kier molecular flexibility index (Phi) is 3.07. The molecule has 0 amide bonds. The average molecular weight is 260 g/mol. The maximum Gasteiger partial charge on any atom is 0.246 e. The molecular formula is C10H13FN2O3S. The maximum atomic E-state index is 13.5. The first-order chi connectivity index (χ1) is 7.91. The molecule has 1 aliphatic heterocycles. The van der Waals surface area contributed by atoms with Gasteiger partial charge in [0.1, 0.15) is 10.7 Å². The molecule has 0 aromatic heterocycles. The van der Waals surface area contributed by atoms with Gasteiger partial charge in [0.15, 0.2) is 0 Å². The van der Waals surface area contributed by atoms with Crippen molar-refractivity contribution in [3.8, 4) is 0 Å². The molecule has 1 fully saturated rings. The highest BCUT2D eigenvalue weighted by Crippen LogP contribution is 2.24. The minimum absolute atomic E-state index is 0.00610. The highest BCUT2D eigenvalue weighted by atomic mass is 32.2. The van der Waals surface area contributed by atoms with Crippen molar-refractivity contribution in [3.63, 3.8) is 0 Å². The Morgan fingerprint density at radius 2 is 2.18 bits per heavy atom. The summed E-state index contributed by atoms with van der Waals surface area (Å²) < 4.78 is 38.7. The molecule has 0 saturated carbocycles. The van der Waals surface area contributed by atoms with Crippen LogP contribution < -0.4 is 5.73 Å². The van der Waals surface area contributed by atoms with Gasteiger partial charge in [0.2, 0.25) is 10.0 Å².